The van der Waals surface area contributed by atoms with E-state index in [1.165, 1.54) is 12.1 Å². The number of hydrogen-bond donors (Lipinski definition) is 4. The fraction of sp³-hybridized carbons (Fsp3) is 0.476. The highest BCUT2D eigenvalue weighted by atomic mass is 16.5. The molecule has 31 heavy (non-hydrogen) atoms. The third-order valence-electron chi connectivity index (χ3n) is 7.08. The first kappa shape index (κ1) is 20.5. The quantitative estimate of drug-likeness (QED) is 0.569. The zero-order valence-electron chi connectivity index (χ0n) is 17.4. The summed E-state index contributed by atoms with van der Waals surface area (Å²) in [4.78, 5) is 25.2. The van der Waals surface area contributed by atoms with E-state index in [4.69, 9.17) is 15.9 Å². The molecule has 0 aromatic heterocycles. The number of rotatable bonds is 4. The van der Waals surface area contributed by atoms with Gasteiger partial charge < -0.3 is 15.8 Å². The highest BCUT2D eigenvalue weighted by Gasteiger charge is 2.86. The Morgan fingerprint density at radius 3 is 2.42 bits per heavy atom. The van der Waals surface area contributed by atoms with Gasteiger partial charge in [-0.2, -0.15) is 10.5 Å². The Morgan fingerprint density at radius 2 is 1.94 bits per heavy atom. The number of carbonyl (C=O) groups excluding carboxylic acids is 2. The second-order valence-electron chi connectivity index (χ2n) is 8.63. The summed E-state index contributed by atoms with van der Waals surface area (Å²) in [5, 5.41) is 34.0. The molecule has 1 aromatic rings. The Balaban J connectivity index is 2.03. The van der Waals surface area contributed by atoms with Crippen molar-refractivity contribution in [1.82, 2.24) is 15.8 Å². The summed E-state index contributed by atoms with van der Waals surface area (Å²) in [6.07, 6.45) is 0.216. The van der Waals surface area contributed by atoms with Gasteiger partial charge in [-0.25, -0.2) is 15.2 Å². The fourth-order valence-electron chi connectivity index (χ4n) is 6.18. The molecule has 5 rings (SSSR count). The van der Waals surface area contributed by atoms with Crippen LogP contribution in [0.2, 0.25) is 0 Å². The van der Waals surface area contributed by atoms with Crippen LogP contribution in [0.25, 0.3) is 0 Å². The van der Waals surface area contributed by atoms with Crippen LogP contribution < -0.4 is 21.2 Å². The number of amides is 3. The number of benzene rings is 1. The van der Waals surface area contributed by atoms with E-state index >= 15 is 0 Å². The van der Waals surface area contributed by atoms with Crippen LogP contribution >= 0.6 is 0 Å². The zero-order valence-corrected chi connectivity index (χ0v) is 17.4. The molecule has 160 valence electrons. The number of nitrogens with two attached hydrogens (primary N) is 1. The van der Waals surface area contributed by atoms with E-state index in [1.807, 2.05) is 13.8 Å². The molecule has 1 spiro atoms. The van der Waals surface area contributed by atoms with E-state index in [1.54, 1.807) is 24.3 Å². The molecule has 5 atom stereocenters. The number of methoxy groups -OCH3 is 1. The normalized spacial score (nSPS) is 35.4. The second-order valence-corrected chi connectivity index (χ2v) is 8.63. The first-order valence-electron chi connectivity index (χ1n) is 9.90. The maximum Gasteiger partial charge on any atom is 0.331 e. The average molecular weight is 421 g/mol. The molecule has 3 amide bonds. The van der Waals surface area contributed by atoms with Crippen LogP contribution in [0.5, 0.6) is 5.75 Å². The highest BCUT2D eigenvalue weighted by Crippen LogP contribution is 2.72. The SMILES string of the molecule is COc1ccc([C@H]2C[C@@]34NC(=O)[C@@](C#N)([C@H]3C(C)C)[C@@]2(C#N)C(=N)N4NC(N)=O)cc1. The number of nitrogens with zero attached hydrogens (tertiary/aromatic N) is 3. The van der Waals surface area contributed by atoms with Crippen molar-refractivity contribution in [2.45, 2.75) is 31.8 Å². The number of primary amides is 1. The molecule has 10 heteroatoms. The predicted molar refractivity (Wildman–Crippen MR) is 108 cm³/mol. The van der Waals surface area contributed by atoms with Gasteiger partial charge in [-0.1, -0.05) is 26.0 Å². The van der Waals surface area contributed by atoms with Crippen LogP contribution in [0.4, 0.5) is 4.79 Å². The number of hydrogen-bond acceptors (Lipinski definition) is 6. The molecule has 5 N–H and O–H groups in total. The van der Waals surface area contributed by atoms with Gasteiger partial charge in [0, 0.05) is 18.3 Å². The molecular weight excluding hydrogens is 398 g/mol. The molecule has 3 heterocycles. The predicted octanol–water partition coefficient (Wildman–Crippen LogP) is 1.18. The smallest absolute Gasteiger partial charge is 0.331 e. The lowest BCUT2D eigenvalue weighted by Gasteiger charge is -2.64. The molecule has 1 aliphatic carbocycles. The minimum absolute atomic E-state index is 0.214. The van der Waals surface area contributed by atoms with Crippen LogP contribution in [0, 0.1) is 50.7 Å². The Hall–Kier alpha value is -3.79. The summed E-state index contributed by atoms with van der Waals surface area (Å²) < 4.78 is 5.22. The van der Waals surface area contributed by atoms with Crippen molar-refractivity contribution in [2.75, 3.05) is 7.11 Å². The van der Waals surface area contributed by atoms with Gasteiger partial charge in [0.15, 0.2) is 10.8 Å². The number of piperidine rings is 2. The van der Waals surface area contributed by atoms with E-state index in [0.29, 0.717) is 11.3 Å². The fourth-order valence-corrected chi connectivity index (χ4v) is 6.18. The molecule has 0 radical (unpaired) electrons. The van der Waals surface area contributed by atoms with Gasteiger partial charge in [0.2, 0.25) is 5.91 Å². The number of amidine groups is 1. The summed E-state index contributed by atoms with van der Waals surface area (Å²) in [6.45, 7) is 3.72. The van der Waals surface area contributed by atoms with E-state index < -0.39 is 40.3 Å². The molecule has 1 aromatic carbocycles. The largest absolute Gasteiger partial charge is 0.497 e. The number of nitriles is 2. The summed E-state index contributed by atoms with van der Waals surface area (Å²) in [5.74, 6) is -1.83. The van der Waals surface area contributed by atoms with Crippen molar-refractivity contribution in [3.63, 3.8) is 0 Å². The first-order valence-corrected chi connectivity index (χ1v) is 9.90. The van der Waals surface area contributed by atoms with Crippen LogP contribution in [0.1, 0.15) is 31.7 Å². The maximum absolute atomic E-state index is 13.4. The summed E-state index contributed by atoms with van der Waals surface area (Å²) in [6, 6.07) is 10.5. The number of fused-ring (bicyclic) bond motifs is 2. The van der Waals surface area contributed by atoms with Gasteiger partial charge in [-0.05, 0) is 23.6 Å². The minimum atomic E-state index is -1.84. The van der Waals surface area contributed by atoms with E-state index in [9.17, 15) is 20.1 Å². The molecule has 3 saturated heterocycles. The lowest BCUT2D eigenvalue weighted by atomic mass is 9.42. The Labute approximate surface area is 179 Å². The molecule has 3 bridgehead atoms. The minimum Gasteiger partial charge on any atom is -0.497 e. The molecule has 0 unspecified atom stereocenters. The van der Waals surface area contributed by atoms with E-state index in [0.717, 1.165) is 0 Å². The number of ether oxygens (including phenoxy) is 1. The number of urea groups is 1. The zero-order chi connectivity index (χ0) is 22.8. The highest BCUT2D eigenvalue weighted by molar-refractivity contribution is 6.06. The summed E-state index contributed by atoms with van der Waals surface area (Å²) in [5.41, 5.74) is 3.59. The Bertz CT molecular complexity index is 1070. The van der Waals surface area contributed by atoms with Crippen LogP contribution in [0.15, 0.2) is 24.3 Å². The van der Waals surface area contributed by atoms with Crippen LogP contribution in [-0.2, 0) is 4.79 Å². The van der Waals surface area contributed by atoms with Crippen molar-refractivity contribution in [1.29, 1.82) is 15.9 Å². The molecule has 4 aliphatic rings. The topological polar surface area (TPSA) is 168 Å². The Morgan fingerprint density at radius 1 is 1.32 bits per heavy atom. The monoisotopic (exact) mass is 421 g/mol. The summed E-state index contributed by atoms with van der Waals surface area (Å²) >= 11 is 0. The van der Waals surface area contributed by atoms with Crippen molar-refractivity contribution < 1.29 is 14.3 Å². The van der Waals surface area contributed by atoms with Crippen LogP contribution in [-0.4, -0.2) is 35.6 Å². The van der Waals surface area contributed by atoms with Gasteiger partial charge in [-0.15, -0.1) is 0 Å². The van der Waals surface area contributed by atoms with Gasteiger partial charge in [0.25, 0.3) is 0 Å². The number of nitrogens with one attached hydrogen (secondary N) is 3. The second kappa shape index (κ2) is 6.35. The van der Waals surface area contributed by atoms with Crippen molar-refractivity contribution in [3.8, 4) is 17.9 Å². The van der Waals surface area contributed by atoms with Gasteiger partial charge >= 0.3 is 6.03 Å². The summed E-state index contributed by atoms with van der Waals surface area (Å²) in [7, 11) is 1.54. The van der Waals surface area contributed by atoms with Crippen LogP contribution in [0.3, 0.4) is 0 Å². The third-order valence-corrected chi connectivity index (χ3v) is 7.08. The molecule has 4 fully saturated rings. The molecule has 10 nitrogen and oxygen atoms in total. The van der Waals surface area contributed by atoms with E-state index in [2.05, 4.69) is 22.9 Å². The number of carbonyl (C=O) groups is 2. The lowest BCUT2D eigenvalue weighted by Crippen LogP contribution is -2.80. The standard InChI is InChI=1S/C21H23N7O3/c1-11(2)15-20(10-23)17(29)26-21(15)8-14(12-4-6-13(31-3)7-5-12)19(20,9-22)16(24)28(21)27-18(25)30/h4-7,11,14-15,24H,8H2,1-3H3,(H,26,29)(H3,25,27,30)/t14-,15-,19-,20-,21+/m1/s1. The molecule has 3 aliphatic heterocycles. The molecule has 1 saturated carbocycles. The average Bonchev–Trinajstić information content (AvgIpc) is 2.92. The van der Waals surface area contributed by atoms with Gasteiger partial charge in [-0.3, -0.25) is 10.2 Å². The van der Waals surface area contributed by atoms with Crippen molar-refractivity contribution >= 4 is 17.8 Å². The van der Waals surface area contributed by atoms with Gasteiger partial charge in [0.05, 0.1) is 19.2 Å². The first-order chi connectivity index (χ1) is 14.7. The van der Waals surface area contributed by atoms with E-state index in [-0.39, 0.29) is 18.2 Å². The molecular formula is C21H23N7O3. The third kappa shape index (κ3) is 2.12. The lowest BCUT2D eigenvalue weighted by molar-refractivity contribution is -0.135. The van der Waals surface area contributed by atoms with Crippen molar-refractivity contribution in [2.24, 2.45) is 28.4 Å². The van der Waals surface area contributed by atoms with Crippen molar-refractivity contribution in [3.05, 3.63) is 29.8 Å². The Kier molecular flexibility index (Phi) is 4.20. The maximum atomic E-state index is 13.4. The number of hydrazine groups is 1. The van der Waals surface area contributed by atoms with Gasteiger partial charge in [0.1, 0.15) is 17.2 Å².